The molecule has 0 saturated heterocycles. The van der Waals surface area contributed by atoms with Gasteiger partial charge in [-0.2, -0.15) is 9.97 Å². The number of ether oxygens (including phenoxy) is 1. The molecule has 3 aromatic carbocycles. The second-order valence-electron chi connectivity index (χ2n) is 10.2. The van der Waals surface area contributed by atoms with Crippen LogP contribution in [0.2, 0.25) is 0 Å². The summed E-state index contributed by atoms with van der Waals surface area (Å²) in [5.74, 6) is 1.61. The zero-order valence-electron chi connectivity index (χ0n) is 23.2. The summed E-state index contributed by atoms with van der Waals surface area (Å²) in [6, 6.07) is 27.9. The van der Waals surface area contributed by atoms with Crippen LogP contribution in [-0.4, -0.2) is 46.6 Å². The number of para-hydroxylation sites is 1. The lowest BCUT2D eigenvalue weighted by Crippen LogP contribution is -2.45. The molecular weight excluding hydrogens is 514 g/mol. The Hall–Kier alpha value is -5.18. The third-order valence-electron chi connectivity index (χ3n) is 7.30. The average Bonchev–Trinajstić information content (AvgIpc) is 2.99. The number of pyridine rings is 1. The van der Waals surface area contributed by atoms with Crippen molar-refractivity contribution in [2.75, 3.05) is 36.8 Å². The third kappa shape index (κ3) is 5.09. The number of methoxy groups -OCH3 is 1. The van der Waals surface area contributed by atoms with Gasteiger partial charge in [0.2, 0.25) is 5.95 Å². The Morgan fingerprint density at radius 1 is 0.976 bits per heavy atom. The van der Waals surface area contributed by atoms with Gasteiger partial charge in [-0.25, -0.2) is 4.98 Å². The van der Waals surface area contributed by atoms with Crippen molar-refractivity contribution in [2.24, 2.45) is 0 Å². The van der Waals surface area contributed by atoms with E-state index in [9.17, 15) is 4.79 Å². The van der Waals surface area contributed by atoms with E-state index in [1.54, 1.807) is 19.1 Å². The number of anilines is 3. The smallest absolute Gasteiger partial charge is 0.262 e. The summed E-state index contributed by atoms with van der Waals surface area (Å²) < 4.78 is 5.30. The molecule has 3 N–H and O–H groups in total. The highest BCUT2D eigenvalue weighted by Crippen LogP contribution is 2.36. The number of benzene rings is 3. The molecule has 3 heterocycles. The van der Waals surface area contributed by atoms with Gasteiger partial charge in [-0.15, -0.1) is 0 Å². The van der Waals surface area contributed by atoms with E-state index in [1.807, 2.05) is 90.7 Å². The fourth-order valence-corrected chi connectivity index (χ4v) is 5.22. The molecule has 1 aliphatic heterocycles. The maximum Gasteiger partial charge on any atom is 0.262 e. The SMILES string of the molecule is COc1ccc(CN2CN(C)C(=O)c3c(N[C@@H](C)c4cc5ccccc5nc4-c4ccccc4)nc(N)nc32)cc1. The minimum absolute atomic E-state index is 0.0930. The van der Waals surface area contributed by atoms with E-state index in [4.69, 9.17) is 15.5 Å². The number of nitrogen functional groups attached to an aromatic ring is 1. The highest BCUT2D eigenvalue weighted by atomic mass is 16.5. The second-order valence-corrected chi connectivity index (χ2v) is 10.2. The molecular formula is C32H31N7O2. The minimum Gasteiger partial charge on any atom is -0.497 e. The number of nitrogens with two attached hydrogens (primary N) is 1. The van der Waals surface area contributed by atoms with E-state index in [1.165, 1.54) is 0 Å². The van der Waals surface area contributed by atoms with E-state index in [0.29, 0.717) is 30.4 Å². The van der Waals surface area contributed by atoms with Crippen molar-refractivity contribution in [3.05, 3.63) is 102 Å². The lowest BCUT2D eigenvalue weighted by Gasteiger charge is -2.36. The monoisotopic (exact) mass is 545 g/mol. The molecule has 1 aliphatic rings. The van der Waals surface area contributed by atoms with Crippen LogP contribution in [0.3, 0.4) is 0 Å². The molecule has 5 aromatic rings. The Labute approximate surface area is 238 Å². The van der Waals surface area contributed by atoms with Gasteiger partial charge in [-0.3, -0.25) is 4.79 Å². The summed E-state index contributed by atoms with van der Waals surface area (Å²) in [5.41, 5.74) is 11.4. The molecule has 206 valence electrons. The lowest BCUT2D eigenvalue weighted by molar-refractivity contribution is 0.0781. The van der Waals surface area contributed by atoms with E-state index in [0.717, 1.165) is 39.0 Å². The van der Waals surface area contributed by atoms with Gasteiger partial charge in [0.15, 0.2) is 5.82 Å². The van der Waals surface area contributed by atoms with Crippen LogP contribution in [0.15, 0.2) is 84.9 Å². The first-order valence-electron chi connectivity index (χ1n) is 13.4. The van der Waals surface area contributed by atoms with Crippen LogP contribution >= 0.6 is 0 Å². The first-order chi connectivity index (χ1) is 19.9. The summed E-state index contributed by atoms with van der Waals surface area (Å²) in [6.07, 6.45) is 0. The number of fused-ring (bicyclic) bond motifs is 2. The average molecular weight is 546 g/mol. The summed E-state index contributed by atoms with van der Waals surface area (Å²) in [6.45, 7) is 2.94. The molecule has 0 bridgehead atoms. The Morgan fingerprint density at radius 2 is 1.71 bits per heavy atom. The van der Waals surface area contributed by atoms with Gasteiger partial charge < -0.3 is 25.6 Å². The largest absolute Gasteiger partial charge is 0.497 e. The molecule has 9 nitrogen and oxygen atoms in total. The number of carbonyl (C=O) groups excluding carboxylic acids is 1. The molecule has 9 heteroatoms. The van der Waals surface area contributed by atoms with Gasteiger partial charge in [0.1, 0.15) is 17.1 Å². The molecule has 0 fully saturated rings. The van der Waals surface area contributed by atoms with Crippen molar-refractivity contribution in [1.29, 1.82) is 0 Å². The number of hydrogen-bond donors (Lipinski definition) is 2. The molecule has 2 aromatic heterocycles. The van der Waals surface area contributed by atoms with Gasteiger partial charge in [0.05, 0.1) is 31.0 Å². The summed E-state index contributed by atoms with van der Waals surface area (Å²) >= 11 is 0. The number of aromatic nitrogens is 3. The number of rotatable bonds is 7. The predicted molar refractivity (Wildman–Crippen MR) is 162 cm³/mol. The van der Waals surface area contributed by atoms with Gasteiger partial charge in [0.25, 0.3) is 5.91 Å². The molecule has 0 spiro atoms. The van der Waals surface area contributed by atoms with Crippen molar-refractivity contribution in [1.82, 2.24) is 19.9 Å². The highest BCUT2D eigenvalue weighted by Gasteiger charge is 2.33. The van der Waals surface area contributed by atoms with E-state index < -0.39 is 0 Å². The van der Waals surface area contributed by atoms with Crippen molar-refractivity contribution in [2.45, 2.75) is 19.5 Å². The Kier molecular flexibility index (Phi) is 6.84. The number of carbonyl (C=O) groups is 1. The van der Waals surface area contributed by atoms with Crippen molar-refractivity contribution >= 4 is 34.4 Å². The van der Waals surface area contributed by atoms with Crippen LogP contribution < -0.4 is 20.7 Å². The first kappa shape index (κ1) is 26.1. The lowest BCUT2D eigenvalue weighted by atomic mass is 9.98. The fraction of sp³-hybridized carbons (Fsp3) is 0.188. The van der Waals surface area contributed by atoms with Crippen LogP contribution in [0.25, 0.3) is 22.2 Å². The normalized spacial score (nSPS) is 13.7. The minimum atomic E-state index is -0.254. The second kappa shape index (κ2) is 10.8. The van der Waals surface area contributed by atoms with Crippen LogP contribution in [-0.2, 0) is 6.54 Å². The summed E-state index contributed by atoms with van der Waals surface area (Å²) in [7, 11) is 3.42. The molecule has 0 unspecified atom stereocenters. The van der Waals surface area contributed by atoms with E-state index >= 15 is 0 Å². The van der Waals surface area contributed by atoms with Crippen molar-refractivity contribution < 1.29 is 9.53 Å². The van der Waals surface area contributed by atoms with Crippen molar-refractivity contribution in [3.8, 4) is 17.0 Å². The van der Waals surface area contributed by atoms with Gasteiger partial charge >= 0.3 is 0 Å². The summed E-state index contributed by atoms with van der Waals surface area (Å²) in [4.78, 5) is 31.3. The zero-order chi connectivity index (χ0) is 28.5. The molecule has 0 saturated carbocycles. The Morgan fingerprint density at radius 3 is 2.46 bits per heavy atom. The predicted octanol–water partition coefficient (Wildman–Crippen LogP) is 5.51. The highest BCUT2D eigenvalue weighted by molar-refractivity contribution is 6.05. The topological polar surface area (TPSA) is 110 Å². The molecule has 1 amide bonds. The standard InChI is InChI=1S/C32H31N7O2/c1-20(25-17-23-11-7-8-12-26(23)35-28(25)22-9-5-4-6-10-22)34-29-27-30(37-32(33)36-29)39(19-38(2)31(27)40)18-21-13-15-24(41-3)16-14-21/h4-17,20H,18-19H2,1-3H3,(H3,33,34,36,37)/t20-/m0/s1. The van der Waals surface area contributed by atoms with E-state index in [-0.39, 0.29) is 17.9 Å². The number of amides is 1. The summed E-state index contributed by atoms with van der Waals surface area (Å²) in [5, 5.41) is 4.52. The van der Waals surface area contributed by atoms with Gasteiger partial charge in [-0.1, -0.05) is 60.7 Å². The van der Waals surface area contributed by atoms with Crippen LogP contribution in [0.1, 0.15) is 34.5 Å². The Bertz CT molecular complexity index is 1720. The van der Waals surface area contributed by atoms with Crippen molar-refractivity contribution in [3.63, 3.8) is 0 Å². The molecule has 0 aliphatic carbocycles. The van der Waals surface area contributed by atoms with Gasteiger partial charge in [-0.05, 0) is 36.8 Å². The first-order valence-corrected chi connectivity index (χ1v) is 13.4. The molecule has 41 heavy (non-hydrogen) atoms. The van der Waals surface area contributed by atoms with Crippen LogP contribution in [0.4, 0.5) is 17.6 Å². The van der Waals surface area contributed by atoms with Crippen LogP contribution in [0, 0.1) is 0 Å². The molecule has 0 radical (unpaired) electrons. The maximum absolute atomic E-state index is 13.5. The maximum atomic E-state index is 13.5. The van der Waals surface area contributed by atoms with Gasteiger partial charge in [0, 0.05) is 30.1 Å². The number of nitrogens with one attached hydrogen (secondary N) is 1. The van der Waals surface area contributed by atoms with E-state index in [2.05, 4.69) is 21.4 Å². The third-order valence-corrected chi connectivity index (χ3v) is 7.30. The molecule has 1 atom stereocenters. The van der Waals surface area contributed by atoms with Crippen LogP contribution in [0.5, 0.6) is 5.75 Å². The number of hydrogen-bond acceptors (Lipinski definition) is 8. The molecule has 6 rings (SSSR count). The quantitative estimate of drug-likeness (QED) is 0.276. The fourth-order valence-electron chi connectivity index (χ4n) is 5.22. The number of nitrogens with zero attached hydrogens (tertiary/aromatic N) is 5. The Balaban J connectivity index is 1.40. The zero-order valence-corrected chi connectivity index (χ0v) is 23.2.